The lowest BCUT2D eigenvalue weighted by Gasteiger charge is -2.58. The SMILES string of the molecule is CC(=O)[C@]12O[C@@H]1C[C@H]1[C@@H]3CCC4=CC(=O)CC[C@]4(C)[C@H]3CC[C@]12C. The van der Waals surface area contributed by atoms with Crippen LogP contribution in [0.4, 0.5) is 0 Å². The van der Waals surface area contributed by atoms with Gasteiger partial charge in [-0.15, -0.1) is 0 Å². The molecule has 3 saturated carbocycles. The number of carbonyl (C=O) groups is 2. The van der Waals surface area contributed by atoms with Crippen LogP contribution in [0.2, 0.25) is 0 Å². The minimum atomic E-state index is -0.456. The van der Waals surface area contributed by atoms with Crippen molar-refractivity contribution in [3.63, 3.8) is 0 Å². The van der Waals surface area contributed by atoms with Gasteiger partial charge in [-0.3, -0.25) is 9.59 Å². The summed E-state index contributed by atoms with van der Waals surface area (Å²) >= 11 is 0. The summed E-state index contributed by atoms with van der Waals surface area (Å²) in [5.74, 6) is 2.58. The van der Waals surface area contributed by atoms with Crippen molar-refractivity contribution in [3.05, 3.63) is 11.6 Å². The van der Waals surface area contributed by atoms with Crippen molar-refractivity contribution in [2.24, 2.45) is 28.6 Å². The van der Waals surface area contributed by atoms with Gasteiger partial charge in [-0.2, -0.15) is 0 Å². The summed E-state index contributed by atoms with van der Waals surface area (Å²) in [6.45, 7) is 6.48. The summed E-state index contributed by atoms with van der Waals surface area (Å²) in [6, 6.07) is 0. The van der Waals surface area contributed by atoms with Crippen molar-refractivity contribution in [2.45, 2.75) is 77.4 Å². The third-order valence-corrected chi connectivity index (χ3v) is 8.92. The Morgan fingerprint density at radius 1 is 1.17 bits per heavy atom. The molecule has 0 bridgehead atoms. The number of hydrogen-bond donors (Lipinski definition) is 0. The highest BCUT2D eigenvalue weighted by Crippen LogP contribution is 2.73. The zero-order valence-electron chi connectivity index (χ0n) is 15.1. The average Bonchev–Trinajstić information content (AvgIpc) is 3.21. The fourth-order valence-corrected chi connectivity index (χ4v) is 7.62. The van der Waals surface area contributed by atoms with Gasteiger partial charge in [0.15, 0.2) is 17.2 Å². The lowest BCUT2D eigenvalue weighted by molar-refractivity contribution is -0.136. The third-order valence-electron chi connectivity index (χ3n) is 8.92. The van der Waals surface area contributed by atoms with Crippen LogP contribution in [0, 0.1) is 28.6 Å². The van der Waals surface area contributed by atoms with Gasteiger partial charge in [0.25, 0.3) is 0 Å². The molecule has 0 aromatic carbocycles. The number of epoxide rings is 1. The first kappa shape index (κ1) is 15.3. The second-order valence-electron chi connectivity index (χ2n) is 9.56. The predicted molar refractivity (Wildman–Crippen MR) is 90.4 cm³/mol. The standard InChI is InChI=1S/C21H28O3/c1-12(22)21-18(24-21)11-17-15-5-4-13-10-14(23)6-8-19(13,2)16(15)7-9-20(17,21)3/h10,15-18H,4-9,11H2,1-3H3/t15-,16+,17+,18-,19+,20-,21+/m1/s1. The lowest BCUT2D eigenvalue weighted by Crippen LogP contribution is -2.54. The second kappa shape index (κ2) is 4.41. The number of Topliss-reactive ketones (excluding diaryl/α,β-unsaturated/α-hetero) is 1. The Morgan fingerprint density at radius 3 is 2.71 bits per heavy atom. The molecule has 7 atom stereocenters. The van der Waals surface area contributed by atoms with E-state index >= 15 is 0 Å². The van der Waals surface area contributed by atoms with Crippen molar-refractivity contribution >= 4 is 11.6 Å². The van der Waals surface area contributed by atoms with Crippen LogP contribution < -0.4 is 0 Å². The number of allylic oxidation sites excluding steroid dienone is 1. The highest BCUT2D eigenvalue weighted by molar-refractivity contribution is 5.92. The quantitative estimate of drug-likeness (QED) is 0.687. The predicted octanol–water partition coefficient (Wildman–Crippen LogP) is 3.85. The highest BCUT2D eigenvalue weighted by Gasteiger charge is 2.79. The van der Waals surface area contributed by atoms with Gasteiger partial charge in [-0.1, -0.05) is 19.4 Å². The molecule has 0 radical (unpaired) electrons. The van der Waals surface area contributed by atoms with E-state index in [4.69, 9.17) is 4.74 Å². The van der Waals surface area contributed by atoms with Gasteiger partial charge in [0.1, 0.15) is 0 Å². The maximum atomic E-state index is 12.4. The second-order valence-corrected chi connectivity index (χ2v) is 9.56. The van der Waals surface area contributed by atoms with Gasteiger partial charge in [-0.25, -0.2) is 0 Å². The summed E-state index contributed by atoms with van der Waals surface area (Å²) in [7, 11) is 0. The highest BCUT2D eigenvalue weighted by atomic mass is 16.6. The third kappa shape index (κ3) is 1.54. The maximum Gasteiger partial charge on any atom is 0.164 e. The van der Waals surface area contributed by atoms with Crippen LogP contribution in [0.25, 0.3) is 0 Å². The molecule has 0 N–H and O–H groups in total. The molecule has 5 aliphatic rings. The Balaban J connectivity index is 1.52. The van der Waals surface area contributed by atoms with E-state index < -0.39 is 5.60 Å². The van der Waals surface area contributed by atoms with E-state index in [1.165, 1.54) is 18.4 Å². The van der Waals surface area contributed by atoms with Crippen molar-refractivity contribution in [3.8, 4) is 0 Å². The maximum absolute atomic E-state index is 12.4. The lowest BCUT2D eigenvalue weighted by atomic mass is 9.46. The van der Waals surface area contributed by atoms with E-state index in [0.29, 0.717) is 30.0 Å². The van der Waals surface area contributed by atoms with Crippen molar-refractivity contribution in [2.75, 3.05) is 0 Å². The summed E-state index contributed by atoms with van der Waals surface area (Å²) in [4.78, 5) is 24.3. The molecule has 4 aliphatic carbocycles. The molecule has 0 aromatic rings. The Labute approximate surface area is 144 Å². The molecule has 3 heteroatoms. The number of fused-ring (bicyclic) bond motifs is 7. The van der Waals surface area contributed by atoms with E-state index in [-0.39, 0.29) is 22.7 Å². The van der Waals surface area contributed by atoms with Gasteiger partial charge >= 0.3 is 0 Å². The van der Waals surface area contributed by atoms with Crippen molar-refractivity contribution in [1.82, 2.24) is 0 Å². The molecule has 0 aromatic heterocycles. The van der Waals surface area contributed by atoms with E-state index in [1.54, 1.807) is 6.92 Å². The van der Waals surface area contributed by atoms with Gasteiger partial charge in [0, 0.05) is 11.8 Å². The summed E-state index contributed by atoms with van der Waals surface area (Å²) in [5.41, 5.74) is 1.22. The fourth-order valence-electron chi connectivity index (χ4n) is 7.62. The molecule has 0 amide bonds. The number of hydrogen-bond acceptors (Lipinski definition) is 3. The van der Waals surface area contributed by atoms with Crippen LogP contribution in [0.15, 0.2) is 11.6 Å². The topological polar surface area (TPSA) is 46.7 Å². The molecular formula is C21H28O3. The molecule has 5 rings (SSSR count). The summed E-state index contributed by atoms with van der Waals surface area (Å²) in [5, 5.41) is 0. The Bertz CT molecular complexity index is 679. The van der Waals surface area contributed by atoms with E-state index in [9.17, 15) is 9.59 Å². The molecule has 130 valence electrons. The summed E-state index contributed by atoms with van der Waals surface area (Å²) in [6.07, 6.45) is 9.53. The number of carbonyl (C=O) groups excluding carboxylic acids is 2. The van der Waals surface area contributed by atoms with Crippen LogP contribution in [-0.4, -0.2) is 23.3 Å². The zero-order chi connectivity index (χ0) is 16.9. The van der Waals surface area contributed by atoms with Crippen LogP contribution >= 0.6 is 0 Å². The van der Waals surface area contributed by atoms with Gasteiger partial charge in [-0.05, 0) is 74.7 Å². The molecule has 1 heterocycles. The molecule has 1 aliphatic heterocycles. The molecule has 0 spiro atoms. The summed E-state index contributed by atoms with van der Waals surface area (Å²) < 4.78 is 5.99. The molecule has 4 fully saturated rings. The van der Waals surface area contributed by atoms with Crippen LogP contribution in [0.5, 0.6) is 0 Å². The van der Waals surface area contributed by atoms with Crippen LogP contribution in [0.3, 0.4) is 0 Å². The van der Waals surface area contributed by atoms with Gasteiger partial charge in [0.05, 0.1) is 6.10 Å². The largest absolute Gasteiger partial charge is 0.357 e. The zero-order valence-corrected chi connectivity index (χ0v) is 15.1. The first-order valence-electron chi connectivity index (χ1n) is 9.76. The van der Waals surface area contributed by atoms with E-state index in [0.717, 1.165) is 25.7 Å². The average molecular weight is 328 g/mol. The first-order valence-corrected chi connectivity index (χ1v) is 9.76. The number of rotatable bonds is 1. The Kier molecular flexibility index (Phi) is 2.81. The van der Waals surface area contributed by atoms with Crippen LogP contribution in [-0.2, 0) is 14.3 Å². The smallest absolute Gasteiger partial charge is 0.164 e. The fraction of sp³-hybridized carbons (Fsp3) is 0.810. The van der Waals surface area contributed by atoms with Gasteiger partial charge in [0.2, 0.25) is 0 Å². The van der Waals surface area contributed by atoms with Crippen LogP contribution in [0.1, 0.15) is 65.7 Å². The molecule has 3 nitrogen and oxygen atoms in total. The van der Waals surface area contributed by atoms with Crippen molar-refractivity contribution in [1.29, 1.82) is 0 Å². The molecule has 1 saturated heterocycles. The Hall–Kier alpha value is -0.960. The monoisotopic (exact) mass is 328 g/mol. The normalized spacial score (nSPS) is 55.0. The molecule has 0 unspecified atom stereocenters. The van der Waals surface area contributed by atoms with E-state index in [2.05, 4.69) is 13.8 Å². The van der Waals surface area contributed by atoms with Crippen molar-refractivity contribution < 1.29 is 14.3 Å². The molecular weight excluding hydrogens is 300 g/mol. The first-order chi connectivity index (χ1) is 11.3. The Morgan fingerprint density at radius 2 is 1.96 bits per heavy atom. The minimum Gasteiger partial charge on any atom is -0.357 e. The number of ketones is 2. The molecule has 24 heavy (non-hydrogen) atoms. The number of ether oxygens (including phenoxy) is 1. The van der Waals surface area contributed by atoms with Gasteiger partial charge < -0.3 is 4.74 Å². The van der Waals surface area contributed by atoms with E-state index in [1.807, 2.05) is 6.08 Å². The minimum absolute atomic E-state index is 0.0345.